The van der Waals surface area contributed by atoms with Gasteiger partial charge in [0.1, 0.15) is 0 Å². The number of hydrogen-bond acceptors (Lipinski definition) is 6. The molecule has 0 radical (unpaired) electrons. The average molecular weight is 529 g/mol. The van der Waals surface area contributed by atoms with Crippen molar-refractivity contribution in [3.8, 4) is 11.3 Å². The molecule has 2 aromatic heterocycles. The molecule has 2 aliphatic heterocycles. The van der Waals surface area contributed by atoms with Crippen LogP contribution in [0.3, 0.4) is 0 Å². The van der Waals surface area contributed by atoms with Crippen molar-refractivity contribution >= 4 is 28.5 Å². The molecular formula is C32H28N6O2. The molecule has 3 aromatic carbocycles. The minimum Gasteiger partial charge on any atom is -0.371 e. The van der Waals surface area contributed by atoms with Crippen molar-refractivity contribution in [2.24, 2.45) is 0 Å². The number of para-hydroxylation sites is 2. The summed E-state index contributed by atoms with van der Waals surface area (Å²) in [6, 6.07) is 23.7. The third-order valence-corrected chi connectivity index (χ3v) is 7.96. The van der Waals surface area contributed by atoms with Gasteiger partial charge in [0.15, 0.2) is 0 Å². The van der Waals surface area contributed by atoms with Gasteiger partial charge >= 0.3 is 0 Å². The van der Waals surface area contributed by atoms with Gasteiger partial charge in [0.05, 0.1) is 46.3 Å². The van der Waals surface area contributed by atoms with E-state index in [-0.39, 0.29) is 11.8 Å². The van der Waals surface area contributed by atoms with Gasteiger partial charge in [0.25, 0.3) is 11.8 Å². The zero-order valence-corrected chi connectivity index (χ0v) is 22.0. The number of benzene rings is 3. The van der Waals surface area contributed by atoms with Crippen LogP contribution >= 0.6 is 0 Å². The van der Waals surface area contributed by atoms with Crippen LogP contribution in [0.25, 0.3) is 22.3 Å². The van der Waals surface area contributed by atoms with Gasteiger partial charge in [-0.25, -0.2) is 4.98 Å². The van der Waals surface area contributed by atoms with Crippen molar-refractivity contribution in [1.82, 2.24) is 24.6 Å². The SMILES string of the molecule is O=C1c2ccccc2C(=O)N1CCc1cccc(N2CCC(n3cc(-c4cnc5ccccc5n4)cn3)CC2)c1. The second kappa shape index (κ2) is 10.0. The Morgan fingerprint density at radius 3 is 2.30 bits per heavy atom. The fourth-order valence-electron chi connectivity index (χ4n) is 5.75. The van der Waals surface area contributed by atoms with Crippen LogP contribution in [-0.4, -0.2) is 56.1 Å². The van der Waals surface area contributed by atoms with E-state index in [1.54, 1.807) is 24.3 Å². The number of imide groups is 1. The summed E-state index contributed by atoms with van der Waals surface area (Å²) in [4.78, 5) is 38.5. The van der Waals surface area contributed by atoms with Gasteiger partial charge in [-0.1, -0.05) is 36.4 Å². The summed E-state index contributed by atoms with van der Waals surface area (Å²) < 4.78 is 2.07. The molecule has 1 saturated heterocycles. The molecule has 0 spiro atoms. The molecule has 8 heteroatoms. The predicted octanol–water partition coefficient (Wildman–Crippen LogP) is 5.17. The van der Waals surface area contributed by atoms with E-state index >= 15 is 0 Å². The van der Waals surface area contributed by atoms with Crippen LogP contribution in [0.2, 0.25) is 0 Å². The Kier molecular flexibility index (Phi) is 6.07. The molecule has 198 valence electrons. The summed E-state index contributed by atoms with van der Waals surface area (Å²) in [7, 11) is 0. The van der Waals surface area contributed by atoms with E-state index in [0.717, 1.165) is 53.8 Å². The zero-order chi connectivity index (χ0) is 27.1. The molecule has 5 aromatic rings. The number of fused-ring (bicyclic) bond motifs is 2. The fraction of sp³-hybridized carbons (Fsp3) is 0.219. The maximum absolute atomic E-state index is 12.7. The first-order chi connectivity index (χ1) is 19.6. The van der Waals surface area contributed by atoms with Crippen molar-refractivity contribution in [1.29, 1.82) is 0 Å². The first-order valence-electron chi connectivity index (χ1n) is 13.7. The highest BCUT2D eigenvalue weighted by atomic mass is 16.2. The molecule has 7 rings (SSSR count). The summed E-state index contributed by atoms with van der Waals surface area (Å²) in [5.41, 5.74) is 6.87. The van der Waals surface area contributed by atoms with Crippen molar-refractivity contribution in [3.63, 3.8) is 0 Å². The van der Waals surface area contributed by atoms with E-state index in [0.29, 0.717) is 30.1 Å². The highest BCUT2D eigenvalue weighted by Gasteiger charge is 2.34. The average Bonchev–Trinajstić information content (AvgIpc) is 3.60. The largest absolute Gasteiger partial charge is 0.371 e. The van der Waals surface area contributed by atoms with E-state index < -0.39 is 0 Å². The number of anilines is 1. The number of rotatable bonds is 6. The first-order valence-corrected chi connectivity index (χ1v) is 13.7. The van der Waals surface area contributed by atoms with Gasteiger partial charge in [-0.2, -0.15) is 5.10 Å². The molecule has 4 heterocycles. The molecule has 8 nitrogen and oxygen atoms in total. The summed E-state index contributed by atoms with van der Waals surface area (Å²) >= 11 is 0. The number of carbonyl (C=O) groups excluding carboxylic acids is 2. The van der Waals surface area contributed by atoms with Gasteiger partial charge in [-0.05, 0) is 61.2 Å². The van der Waals surface area contributed by atoms with E-state index in [9.17, 15) is 9.59 Å². The predicted molar refractivity (Wildman–Crippen MR) is 153 cm³/mol. The first kappa shape index (κ1) is 24.2. The van der Waals surface area contributed by atoms with Crippen LogP contribution < -0.4 is 4.90 Å². The second-order valence-corrected chi connectivity index (χ2v) is 10.4. The van der Waals surface area contributed by atoms with Gasteiger partial charge in [0.2, 0.25) is 0 Å². The number of piperidine rings is 1. The number of aromatic nitrogens is 4. The summed E-state index contributed by atoms with van der Waals surface area (Å²) in [6.45, 7) is 2.23. The third kappa shape index (κ3) is 4.41. The molecular weight excluding hydrogens is 500 g/mol. The Morgan fingerprint density at radius 1 is 0.800 bits per heavy atom. The lowest BCUT2D eigenvalue weighted by molar-refractivity contribution is 0.0656. The van der Waals surface area contributed by atoms with Crippen LogP contribution in [0.1, 0.15) is 45.2 Å². The molecule has 0 unspecified atom stereocenters. The highest BCUT2D eigenvalue weighted by Crippen LogP contribution is 2.29. The number of nitrogens with zero attached hydrogens (tertiary/aromatic N) is 6. The van der Waals surface area contributed by atoms with Gasteiger partial charge in [-0.15, -0.1) is 0 Å². The van der Waals surface area contributed by atoms with Crippen molar-refractivity contribution in [2.45, 2.75) is 25.3 Å². The Balaban J connectivity index is 0.979. The molecule has 0 aliphatic carbocycles. The summed E-state index contributed by atoms with van der Waals surface area (Å²) in [5, 5.41) is 4.67. The number of hydrogen-bond donors (Lipinski definition) is 0. The van der Waals surface area contributed by atoms with Gasteiger partial charge < -0.3 is 4.90 Å². The number of carbonyl (C=O) groups is 2. The Labute approximate surface area is 231 Å². The lowest BCUT2D eigenvalue weighted by atomic mass is 10.0. The molecule has 0 atom stereocenters. The Hall–Kier alpha value is -4.85. The highest BCUT2D eigenvalue weighted by molar-refractivity contribution is 6.21. The third-order valence-electron chi connectivity index (χ3n) is 7.96. The fourth-order valence-corrected chi connectivity index (χ4v) is 5.75. The van der Waals surface area contributed by atoms with Crippen LogP contribution in [-0.2, 0) is 6.42 Å². The van der Waals surface area contributed by atoms with E-state index in [2.05, 4.69) is 50.1 Å². The quantitative estimate of drug-likeness (QED) is 0.283. The second-order valence-electron chi connectivity index (χ2n) is 10.4. The molecule has 0 N–H and O–H groups in total. The summed E-state index contributed by atoms with van der Waals surface area (Å²) in [6.07, 6.45) is 8.38. The van der Waals surface area contributed by atoms with Crippen molar-refractivity contribution in [3.05, 3.63) is 108 Å². The van der Waals surface area contributed by atoms with Crippen LogP contribution in [0.15, 0.2) is 91.4 Å². The van der Waals surface area contributed by atoms with Gasteiger partial charge in [0, 0.05) is 37.1 Å². The minimum atomic E-state index is -0.201. The monoisotopic (exact) mass is 528 g/mol. The molecule has 1 fully saturated rings. The lowest BCUT2D eigenvalue weighted by Gasteiger charge is -2.34. The minimum absolute atomic E-state index is 0.201. The van der Waals surface area contributed by atoms with Gasteiger partial charge in [-0.3, -0.25) is 24.2 Å². The van der Waals surface area contributed by atoms with E-state index in [4.69, 9.17) is 4.98 Å². The lowest BCUT2D eigenvalue weighted by Crippen LogP contribution is -2.35. The maximum Gasteiger partial charge on any atom is 0.261 e. The smallest absolute Gasteiger partial charge is 0.261 e. The topological polar surface area (TPSA) is 84.2 Å². The Morgan fingerprint density at radius 2 is 1.52 bits per heavy atom. The molecule has 2 amide bonds. The molecule has 2 aliphatic rings. The van der Waals surface area contributed by atoms with Crippen LogP contribution in [0.5, 0.6) is 0 Å². The van der Waals surface area contributed by atoms with Crippen molar-refractivity contribution in [2.75, 3.05) is 24.5 Å². The standard InChI is InChI=1S/C32H28N6O2/c39-31-26-8-1-2-9-27(26)32(40)37(31)17-12-22-6-5-7-25(18-22)36-15-13-24(14-16-36)38-21-23(19-34-38)30-20-33-28-10-3-4-11-29(28)35-30/h1-11,18-21,24H,12-17H2. The molecule has 0 saturated carbocycles. The Bertz CT molecular complexity index is 1700. The summed E-state index contributed by atoms with van der Waals surface area (Å²) in [5.74, 6) is -0.401. The van der Waals surface area contributed by atoms with Crippen LogP contribution in [0.4, 0.5) is 5.69 Å². The number of amides is 2. The van der Waals surface area contributed by atoms with Crippen molar-refractivity contribution < 1.29 is 9.59 Å². The van der Waals surface area contributed by atoms with Crippen LogP contribution in [0, 0.1) is 0 Å². The molecule has 40 heavy (non-hydrogen) atoms. The van der Waals surface area contributed by atoms with E-state index in [1.165, 1.54) is 10.6 Å². The molecule has 0 bridgehead atoms. The maximum atomic E-state index is 12.7. The normalized spacial score (nSPS) is 15.7. The zero-order valence-electron chi connectivity index (χ0n) is 22.0. The van der Waals surface area contributed by atoms with E-state index in [1.807, 2.05) is 36.7 Å².